The van der Waals surface area contributed by atoms with Crippen molar-refractivity contribution >= 4 is 10.9 Å². The van der Waals surface area contributed by atoms with Crippen LogP contribution in [0.5, 0.6) is 0 Å². The van der Waals surface area contributed by atoms with Gasteiger partial charge in [0.2, 0.25) is 0 Å². The molecule has 0 spiro atoms. The summed E-state index contributed by atoms with van der Waals surface area (Å²) in [6.07, 6.45) is 4.89. The Morgan fingerprint density at radius 2 is 2.25 bits per heavy atom. The average Bonchev–Trinajstić information content (AvgIpc) is 2.17. The van der Waals surface area contributed by atoms with Gasteiger partial charge >= 0.3 is 0 Å². The number of aromatic nitrogens is 2. The molecule has 0 aliphatic carbocycles. The van der Waals surface area contributed by atoms with E-state index in [0.29, 0.717) is 5.56 Å². The summed E-state index contributed by atoms with van der Waals surface area (Å²) in [5.41, 5.74) is 1.24. The van der Waals surface area contributed by atoms with Crippen LogP contribution in [0.1, 0.15) is 5.56 Å². The molecule has 3 heteroatoms. The summed E-state index contributed by atoms with van der Waals surface area (Å²) in [5.74, 6) is 0. The average molecular weight is 155 g/mol. The van der Waals surface area contributed by atoms with Crippen LogP contribution in [0.2, 0.25) is 0 Å². The smallest absolute Gasteiger partial charge is 0.103 e. The van der Waals surface area contributed by atoms with Crippen LogP contribution >= 0.6 is 0 Å². The fraction of sp³-hybridized carbons (Fsp3) is 0. The monoisotopic (exact) mass is 155 g/mol. The highest BCUT2D eigenvalue weighted by atomic mass is 14.7. The quantitative estimate of drug-likeness (QED) is 0.579. The van der Waals surface area contributed by atoms with Crippen LogP contribution in [-0.2, 0) is 0 Å². The second-order valence-corrected chi connectivity index (χ2v) is 2.37. The first-order valence-corrected chi connectivity index (χ1v) is 3.50. The lowest BCUT2D eigenvalue weighted by molar-refractivity contribution is 1.30. The van der Waals surface area contributed by atoms with E-state index in [1.54, 1.807) is 12.4 Å². The summed E-state index contributed by atoms with van der Waals surface area (Å²) in [6, 6.07) is 5.75. The SMILES string of the molecule is N#Cc1cncc2cccnc12. The molecule has 0 aliphatic rings. The molecular formula is C9H5N3. The van der Waals surface area contributed by atoms with E-state index in [9.17, 15) is 0 Å². The lowest BCUT2D eigenvalue weighted by Crippen LogP contribution is -1.84. The van der Waals surface area contributed by atoms with E-state index in [0.717, 1.165) is 10.9 Å². The van der Waals surface area contributed by atoms with E-state index in [4.69, 9.17) is 5.26 Å². The zero-order valence-electron chi connectivity index (χ0n) is 6.23. The molecule has 2 heterocycles. The Kier molecular flexibility index (Phi) is 1.45. The van der Waals surface area contributed by atoms with E-state index in [1.165, 1.54) is 6.20 Å². The van der Waals surface area contributed by atoms with Crippen LogP contribution in [0.15, 0.2) is 30.7 Å². The van der Waals surface area contributed by atoms with Gasteiger partial charge in [-0.3, -0.25) is 9.97 Å². The van der Waals surface area contributed by atoms with Gasteiger partial charge in [-0.25, -0.2) is 0 Å². The van der Waals surface area contributed by atoms with Crippen molar-refractivity contribution in [3.8, 4) is 6.07 Å². The minimum Gasteiger partial charge on any atom is -0.263 e. The van der Waals surface area contributed by atoms with E-state index in [-0.39, 0.29) is 0 Å². The maximum atomic E-state index is 8.71. The first kappa shape index (κ1) is 6.74. The van der Waals surface area contributed by atoms with Crippen molar-refractivity contribution in [3.63, 3.8) is 0 Å². The highest BCUT2D eigenvalue weighted by Crippen LogP contribution is 2.12. The Bertz CT molecular complexity index is 451. The fourth-order valence-corrected chi connectivity index (χ4v) is 1.08. The standard InChI is InChI=1S/C9H5N3/c10-4-8-6-11-5-7-2-1-3-12-9(7)8/h1-3,5-6H. The third-order valence-corrected chi connectivity index (χ3v) is 1.63. The molecule has 0 amide bonds. The van der Waals surface area contributed by atoms with Gasteiger partial charge in [-0.15, -0.1) is 0 Å². The molecule has 0 bridgehead atoms. The first-order valence-electron chi connectivity index (χ1n) is 3.50. The molecule has 0 saturated heterocycles. The largest absolute Gasteiger partial charge is 0.263 e. The molecule has 3 nitrogen and oxygen atoms in total. The Morgan fingerprint density at radius 3 is 3.08 bits per heavy atom. The number of nitriles is 1. The van der Waals surface area contributed by atoms with Crippen LogP contribution < -0.4 is 0 Å². The molecule has 0 aromatic carbocycles. The van der Waals surface area contributed by atoms with Gasteiger partial charge in [-0.05, 0) is 12.1 Å². The Morgan fingerprint density at radius 1 is 1.33 bits per heavy atom. The predicted octanol–water partition coefficient (Wildman–Crippen LogP) is 1.50. The molecule has 2 aromatic rings. The van der Waals surface area contributed by atoms with Crippen LogP contribution in [0, 0.1) is 11.3 Å². The number of rotatable bonds is 0. The maximum Gasteiger partial charge on any atom is 0.103 e. The third-order valence-electron chi connectivity index (χ3n) is 1.63. The van der Waals surface area contributed by atoms with Crippen LogP contribution in [0.25, 0.3) is 10.9 Å². The molecule has 0 unspecified atom stereocenters. The number of nitrogens with zero attached hydrogens (tertiary/aromatic N) is 3. The Labute approximate surface area is 69.3 Å². The number of hydrogen-bond acceptors (Lipinski definition) is 3. The third kappa shape index (κ3) is 0.903. The van der Waals surface area contributed by atoms with Gasteiger partial charge in [0.05, 0.1) is 11.1 Å². The summed E-state index contributed by atoms with van der Waals surface area (Å²) in [5, 5.41) is 9.61. The van der Waals surface area contributed by atoms with Crippen molar-refractivity contribution < 1.29 is 0 Å². The van der Waals surface area contributed by atoms with Gasteiger partial charge in [0.25, 0.3) is 0 Å². The minimum atomic E-state index is 0.521. The molecule has 0 radical (unpaired) electrons. The molecular weight excluding hydrogens is 150 g/mol. The van der Waals surface area contributed by atoms with Crippen molar-refractivity contribution in [2.24, 2.45) is 0 Å². The molecule has 2 rings (SSSR count). The van der Waals surface area contributed by atoms with E-state index in [1.807, 2.05) is 18.2 Å². The highest BCUT2D eigenvalue weighted by molar-refractivity contribution is 5.82. The number of pyridine rings is 2. The normalized spacial score (nSPS) is 9.58. The van der Waals surface area contributed by atoms with E-state index >= 15 is 0 Å². The summed E-state index contributed by atoms with van der Waals surface area (Å²) in [4.78, 5) is 8.01. The Balaban J connectivity index is 2.91. The van der Waals surface area contributed by atoms with Crippen molar-refractivity contribution in [3.05, 3.63) is 36.3 Å². The van der Waals surface area contributed by atoms with E-state index < -0.39 is 0 Å². The summed E-state index contributed by atoms with van der Waals surface area (Å²) >= 11 is 0. The molecule has 2 aromatic heterocycles. The number of fused-ring (bicyclic) bond motifs is 1. The van der Waals surface area contributed by atoms with Gasteiger partial charge in [-0.2, -0.15) is 5.26 Å². The molecule has 0 fully saturated rings. The zero-order chi connectivity index (χ0) is 8.39. The van der Waals surface area contributed by atoms with Crippen LogP contribution in [-0.4, -0.2) is 9.97 Å². The lowest BCUT2D eigenvalue weighted by Gasteiger charge is -1.95. The van der Waals surface area contributed by atoms with Crippen molar-refractivity contribution in [2.75, 3.05) is 0 Å². The Hall–Kier alpha value is -1.95. The van der Waals surface area contributed by atoms with E-state index in [2.05, 4.69) is 9.97 Å². The van der Waals surface area contributed by atoms with Crippen LogP contribution in [0.3, 0.4) is 0 Å². The van der Waals surface area contributed by atoms with Crippen molar-refractivity contribution in [2.45, 2.75) is 0 Å². The lowest BCUT2D eigenvalue weighted by atomic mass is 10.2. The molecule has 0 atom stereocenters. The molecule has 0 N–H and O–H groups in total. The minimum absolute atomic E-state index is 0.521. The molecule has 0 saturated carbocycles. The zero-order valence-corrected chi connectivity index (χ0v) is 6.23. The first-order chi connectivity index (χ1) is 5.92. The van der Waals surface area contributed by atoms with Gasteiger partial charge in [0, 0.05) is 24.0 Å². The van der Waals surface area contributed by atoms with Gasteiger partial charge < -0.3 is 0 Å². The van der Waals surface area contributed by atoms with Crippen LogP contribution in [0.4, 0.5) is 0 Å². The van der Waals surface area contributed by atoms with Gasteiger partial charge in [-0.1, -0.05) is 0 Å². The van der Waals surface area contributed by atoms with Gasteiger partial charge in [0.1, 0.15) is 6.07 Å². The molecule has 0 aliphatic heterocycles. The van der Waals surface area contributed by atoms with Gasteiger partial charge in [0.15, 0.2) is 0 Å². The molecule has 12 heavy (non-hydrogen) atoms. The molecule has 56 valence electrons. The summed E-state index contributed by atoms with van der Waals surface area (Å²) in [6.45, 7) is 0. The topological polar surface area (TPSA) is 49.6 Å². The summed E-state index contributed by atoms with van der Waals surface area (Å²) < 4.78 is 0. The second-order valence-electron chi connectivity index (χ2n) is 2.37. The predicted molar refractivity (Wildman–Crippen MR) is 44.3 cm³/mol. The fourth-order valence-electron chi connectivity index (χ4n) is 1.08. The second kappa shape index (κ2) is 2.59. The van der Waals surface area contributed by atoms with Crippen molar-refractivity contribution in [1.82, 2.24) is 9.97 Å². The maximum absolute atomic E-state index is 8.71. The highest BCUT2D eigenvalue weighted by Gasteiger charge is 1.99. The van der Waals surface area contributed by atoms with Crippen molar-refractivity contribution in [1.29, 1.82) is 5.26 Å². The summed E-state index contributed by atoms with van der Waals surface area (Å²) in [7, 11) is 0. The number of hydrogen-bond donors (Lipinski definition) is 0.